The summed E-state index contributed by atoms with van der Waals surface area (Å²) in [7, 11) is 2.26. The number of rotatable bonds is 39. The topological polar surface area (TPSA) is 216 Å². The number of carbonyl (C=O) groups is 5. The number of amides is 2. The molecule has 0 saturated heterocycles. The maximum absolute atomic E-state index is 11.5. The highest BCUT2D eigenvalue weighted by Crippen LogP contribution is 2.27. The molecule has 0 rings (SSSR count). The number of ether oxygens (including phenoxy) is 9. The molecule has 0 aliphatic carbocycles. The Bertz CT molecular complexity index is 2220. The minimum Gasteiger partial charge on any atom is -0.463 e. The molecule has 0 aliphatic rings. The maximum atomic E-state index is 11.5. The lowest BCUT2D eigenvalue weighted by molar-refractivity contribution is -0.189. The molecule has 0 saturated carbocycles. The van der Waals surface area contributed by atoms with Crippen LogP contribution in [-0.2, 0) is 66.6 Å². The van der Waals surface area contributed by atoms with Crippen LogP contribution in [0.5, 0.6) is 0 Å². The number of esters is 3. The molecular formula is C103H223N3O15S. The SMILES string of the molecule is C.C.C.CC(C)(C)CCCOCCCC(C)(C)C.CC(C)(C)CCCSCCCC(C)(C)C.CC(C)(C)OCC(O)COC(C)(C)C.CC(C)(C)OCCCNC(=O)C(C)(C)C.CC(C)C(=O)NCCOC(C)(C)C.CC(C)CC(=O)OC(C)C.CC(C)OC(C)C.CC(OC(=O)C(C)C)OC(=O)C(C)C.CN(CCCC(C)(C)C)CCCC(C)(C)C. The number of hydrogen-bond donors (Lipinski definition) is 3. The van der Waals surface area contributed by atoms with Crippen LogP contribution in [0, 0.1) is 61.6 Å². The van der Waals surface area contributed by atoms with Gasteiger partial charge in [-0.3, -0.25) is 24.0 Å². The third kappa shape index (κ3) is 152. The van der Waals surface area contributed by atoms with Gasteiger partial charge in [-0.1, -0.05) is 223 Å². The average Bonchev–Trinajstić information content (AvgIpc) is 0.920. The molecule has 3 N–H and O–H groups in total. The largest absolute Gasteiger partial charge is 0.463 e. The summed E-state index contributed by atoms with van der Waals surface area (Å²) in [4.78, 5) is 58.1. The number of hydrogen-bond acceptors (Lipinski definition) is 17. The third-order valence-electron chi connectivity index (χ3n) is 15.5. The van der Waals surface area contributed by atoms with Crippen molar-refractivity contribution in [3.8, 4) is 0 Å². The molecule has 0 bridgehead atoms. The number of aliphatic hydroxyl groups excluding tert-OH is 1. The van der Waals surface area contributed by atoms with E-state index in [9.17, 15) is 29.1 Å². The Hall–Kier alpha value is -2.62. The number of aliphatic hydroxyl groups is 1. The molecule has 0 aromatic rings. The minimum atomic E-state index is -0.806. The second-order valence-corrected chi connectivity index (χ2v) is 47.6. The molecule has 0 aromatic carbocycles. The fourth-order valence-electron chi connectivity index (χ4n) is 9.10. The second kappa shape index (κ2) is 76.1. The van der Waals surface area contributed by atoms with Crippen molar-refractivity contribution in [2.45, 2.75) is 498 Å². The maximum Gasteiger partial charge on any atom is 0.311 e. The van der Waals surface area contributed by atoms with Gasteiger partial charge in [-0.2, -0.15) is 11.8 Å². The van der Waals surface area contributed by atoms with Gasteiger partial charge < -0.3 is 63.3 Å². The molecule has 0 spiro atoms. The van der Waals surface area contributed by atoms with Gasteiger partial charge in [-0.15, -0.1) is 0 Å². The normalized spacial score (nSPS) is 12.2. The van der Waals surface area contributed by atoms with Crippen molar-refractivity contribution in [2.24, 2.45) is 61.6 Å². The summed E-state index contributed by atoms with van der Waals surface area (Å²) in [5.41, 5.74) is 2.01. The molecule has 18 nitrogen and oxygen atoms in total. The summed E-state index contributed by atoms with van der Waals surface area (Å²) in [5, 5.41) is 15.2. The van der Waals surface area contributed by atoms with Crippen LogP contribution in [0.3, 0.4) is 0 Å². The summed E-state index contributed by atoms with van der Waals surface area (Å²) in [6.07, 6.45) is 16.5. The highest BCUT2D eigenvalue weighted by Gasteiger charge is 2.23. The lowest BCUT2D eigenvalue weighted by Crippen LogP contribution is -2.35. The van der Waals surface area contributed by atoms with Crippen LogP contribution >= 0.6 is 11.8 Å². The molecule has 2 amide bonds. The first-order chi connectivity index (χ1) is 53.1. The van der Waals surface area contributed by atoms with E-state index in [0.29, 0.717) is 96.6 Å². The van der Waals surface area contributed by atoms with E-state index in [0.717, 1.165) is 19.6 Å². The second-order valence-electron chi connectivity index (χ2n) is 46.4. The van der Waals surface area contributed by atoms with Crippen LogP contribution < -0.4 is 10.6 Å². The first-order valence-electron chi connectivity index (χ1n) is 46.0. The molecule has 746 valence electrons. The van der Waals surface area contributed by atoms with Gasteiger partial charge in [0, 0.05) is 57.6 Å². The van der Waals surface area contributed by atoms with Crippen LogP contribution in [0.15, 0.2) is 0 Å². The molecule has 0 aromatic heterocycles. The van der Waals surface area contributed by atoms with E-state index in [2.05, 4.69) is 159 Å². The van der Waals surface area contributed by atoms with Gasteiger partial charge in [-0.25, -0.2) is 0 Å². The highest BCUT2D eigenvalue weighted by molar-refractivity contribution is 7.99. The Morgan fingerprint density at radius 3 is 0.934 bits per heavy atom. The van der Waals surface area contributed by atoms with Gasteiger partial charge in [0.2, 0.25) is 18.1 Å². The predicted octanol–water partition coefficient (Wildman–Crippen LogP) is 27.9. The quantitative estimate of drug-likeness (QED) is 0.0296. The van der Waals surface area contributed by atoms with Gasteiger partial charge in [0.15, 0.2) is 0 Å². The van der Waals surface area contributed by atoms with Crippen molar-refractivity contribution in [1.29, 1.82) is 0 Å². The summed E-state index contributed by atoms with van der Waals surface area (Å²) < 4.78 is 47.3. The first kappa shape index (κ1) is 145. The summed E-state index contributed by atoms with van der Waals surface area (Å²) in [6, 6.07) is 0. The molecule has 0 unspecified atom stereocenters. The Balaban J connectivity index is -0.000000112. The van der Waals surface area contributed by atoms with Gasteiger partial charge in [0.25, 0.3) is 0 Å². The summed E-state index contributed by atoms with van der Waals surface area (Å²) >= 11 is 2.13. The first-order valence-corrected chi connectivity index (χ1v) is 47.1. The van der Waals surface area contributed by atoms with Crippen LogP contribution in [0.2, 0.25) is 0 Å². The Morgan fingerprint density at radius 1 is 0.361 bits per heavy atom. The van der Waals surface area contributed by atoms with Crippen molar-refractivity contribution in [3.63, 3.8) is 0 Å². The number of nitrogens with zero attached hydrogens (tertiary/aromatic N) is 1. The monoisotopic (exact) mass is 1770 g/mol. The van der Waals surface area contributed by atoms with Crippen molar-refractivity contribution in [2.75, 3.05) is 84.4 Å². The molecule has 0 aliphatic heterocycles. The van der Waals surface area contributed by atoms with Gasteiger partial charge in [0.05, 0.1) is 72.4 Å². The fraction of sp³-hybridized carbons (Fsp3) is 0.951. The molecule has 0 heterocycles. The van der Waals surface area contributed by atoms with E-state index in [1.165, 1.54) is 109 Å². The van der Waals surface area contributed by atoms with Crippen molar-refractivity contribution >= 4 is 41.5 Å². The predicted molar refractivity (Wildman–Crippen MR) is 535 cm³/mol. The number of thioether (sulfide) groups is 1. The van der Waals surface area contributed by atoms with E-state index in [1.807, 2.05) is 173 Å². The lowest BCUT2D eigenvalue weighted by atomic mass is 9.90. The highest BCUT2D eigenvalue weighted by atomic mass is 32.2. The summed E-state index contributed by atoms with van der Waals surface area (Å²) in [6.45, 7) is 107. The Labute approximate surface area is 768 Å². The average molecular weight is 1780 g/mol. The van der Waals surface area contributed by atoms with Crippen LogP contribution in [0.4, 0.5) is 0 Å². The van der Waals surface area contributed by atoms with Crippen molar-refractivity contribution < 1.29 is 71.7 Å². The van der Waals surface area contributed by atoms with Crippen molar-refractivity contribution in [1.82, 2.24) is 15.5 Å². The Kier molecular flexibility index (Phi) is 90.5. The van der Waals surface area contributed by atoms with E-state index in [4.69, 9.17) is 42.6 Å². The van der Waals surface area contributed by atoms with Crippen molar-refractivity contribution in [3.05, 3.63) is 0 Å². The Morgan fingerprint density at radius 2 is 0.672 bits per heavy atom. The van der Waals surface area contributed by atoms with E-state index in [1.54, 1.807) is 27.7 Å². The lowest BCUT2D eigenvalue weighted by Gasteiger charge is -2.25. The fourth-order valence-corrected chi connectivity index (χ4v) is 10.00. The minimum absolute atomic E-state index is 0. The molecule has 0 fully saturated rings. The molecule has 0 atom stereocenters. The van der Waals surface area contributed by atoms with Gasteiger partial charge in [0.1, 0.15) is 6.10 Å². The van der Waals surface area contributed by atoms with Crippen LogP contribution in [0.25, 0.3) is 0 Å². The smallest absolute Gasteiger partial charge is 0.311 e. The molecule has 122 heavy (non-hydrogen) atoms. The zero-order valence-corrected chi connectivity index (χ0v) is 89.4. The van der Waals surface area contributed by atoms with E-state index >= 15 is 0 Å². The molecule has 19 heteroatoms. The third-order valence-corrected chi connectivity index (χ3v) is 16.6. The number of nitrogens with one attached hydrogen (secondary N) is 2. The van der Waals surface area contributed by atoms with Gasteiger partial charge in [-0.05, 0) is 278 Å². The molecule has 0 radical (unpaired) electrons. The van der Waals surface area contributed by atoms with Gasteiger partial charge >= 0.3 is 17.9 Å². The summed E-state index contributed by atoms with van der Waals surface area (Å²) in [5.74, 6) is 2.07. The van der Waals surface area contributed by atoms with Crippen LogP contribution in [0.1, 0.15) is 445 Å². The van der Waals surface area contributed by atoms with Crippen LogP contribution in [-0.4, -0.2) is 177 Å². The molecular weight excluding hydrogens is 1550 g/mol. The standard InChI is InChI=1S/C15H33N.C14H30O.C14H30S.C12H25NO2.C11H24O3.C10H21NO2.C10H18O4.C8H16O2.C6H14O.3CH4/c1-14(2,3)10-8-12-16(7)13-9-11-15(4,5)6;2*1-13(2,3)9-7-11-15-12-8-10-14(4,5)6;1-11(2,3)10(14)13-8-7-9-15-12(4,5)6;1-10(2,3)13-7-9(12)8-14-11(4,5)6;1-8(2)9(12)11-6-7-13-10(3,4)5;1-6(2)9(11)13-8(5)14-10(12)7(3)4;1-6(2)5-8(9)10-7(3)4;1-5(2)7-6(3)4;;;/h8-13H2,1-7H3;2*7-12H2,1-6H3;7-9H2,1-6H3,(H,13,14);9,12H,7-8H2,1-6H3;8H,6-7H2,1-5H3,(H,11,12);6-8H,1-5H3;6-7H,5H2,1-4H3;5-6H,1-4H3;3*1H4. The van der Waals surface area contributed by atoms with E-state index < -0.39 is 12.4 Å². The zero-order chi connectivity index (χ0) is 96.0. The zero-order valence-electron chi connectivity index (χ0n) is 88.6. The number of carbonyl (C=O) groups excluding carboxylic acids is 5. The van der Waals surface area contributed by atoms with E-state index in [-0.39, 0.29) is 104 Å².